The molecule has 172 valence electrons. The molecule has 0 aliphatic carbocycles. The molecule has 2 bridgehead atoms. The van der Waals surface area contributed by atoms with Gasteiger partial charge in [-0.1, -0.05) is 12.5 Å². The van der Waals surface area contributed by atoms with Crippen molar-refractivity contribution in [3.05, 3.63) is 42.7 Å². The van der Waals surface area contributed by atoms with Crippen LogP contribution in [0.25, 0.3) is 22.5 Å². The van der Waals surface area contributed by atoms with Crippen LogP contribution in [0.2, 0.25) is 0 Å². The lowest BCUT2D eigenvalue weighted by Gasteiger charge is -2.46. The van der Waals surface area contributed by atoms with Gasteiger partial charge in [-0.3, -0.25) is 0 Å². The summed E-state index contributed by atoms with van der Waals surface area (Å²) in [5.41, 5.74) is 2.44. The quantitative estimate of drug-likeness (QED) is 0.611. The molecule has 4 heterocycles. The van der Waals surface area contributed by atoms with Crippen LogP contribution in [0.3, 0.4) is 0 Å². The summed E-state index contributed by atoms with van der Waals surface area (Å²) in [4.78, 5) is 10.3. The van der Waals surface area contributed by atoms with Crippen molar-refractivity contribution in [1.29, 1.82) is 0 Å². The molecular formula is C24H27FN6O2. The maximum absolute atomic E-state index is 15.1. The monoisotopic (exact) mass is 450 g/mol. The molecule has 0 saturated carbocycles. The molecule has 9 heteroatoms. The van der Waals surface area contributed by atoms with Crippen molar-refractivity contribution in [3.63, 3.8) is 0 Å². The van der Waals surface area contributed by atoms with E-state index in [4.69, 9.17) is 4.74 Å². The number of aromatic nitrogens is 4. The van der Waals surface area contributed by atoms with Gasteiger partial charge >= 0.3 is 0 Å². The number of phenolic OH excluding ortho intramolecular Hbond substituents is 1. The highest BCUT2D eigenvalue weighted by molar-refractivity contribution is 5.73. The lowest BCUT2D eigenvalue weighted by molar-refractivity contribution is 0.107. The minimum atomic E-state index is -0.939. The SMILES string of the molecule is COc1cnc(-c2ccc(-c3ccc(N(C)[C@H]4C[C@@H]5CCC[C@H](N5)[C@H]4F)nn3)c(O)c2)cn1. The van der Waals surface area contributed by atoms with E-state index in [1.807, 2.05) is 24.1 Å². The van der Waals surface area contributed by atoms with E-state index >= 15 is 4.39 Å². The van der Waals surface area contributed by atoms with Crippen molar-refractivity contribution in [3.8, 4) is 34.1 Å². The number of halogens is 1. The molecule has 4 atom stereocenters. The lowest BCUT2D eigenvalue weighted by Crippen LogP contribution is -2.61. The number of alkyl halides is 1. The molecule has 2 fully saturated rings. The third-order valence-corrected chi connectivity index (χ3v) is 6.71. The van der Waals surface area contributed by atoms with Crippen molar-refractivity contribution >= 4 is 5.82 Å². The van der Waals surface area contributed by atoms with Crippen molar-refractivity contribution in [2.75, 3.05) is 19.1 Å². The molecular weight excluding hydrogens is 423 g/mol. The fourth-order valence-electron chi connectivity index (χ4n) is 4.86. The van der Waals surface area contributed by atoms with Gasteiger partial charge in [0.25, 0.3) is 0 Å². The smallest absolute Gasteiger partial charge is 0.232 e. The molecule has 5 rings (SSSR count). The van der Waals surface area contributed by atoms with Gasteiger partial charge in [0.05, 0.1) is 36.9 Å². The molecule has 3 aromatic rings. The minimum Gasteiger partial charge on any atom is -0.507 e. The lowest BCUT2D eigenvalue weighted by atomic mass is 9.82. The van der Waals surface area contributed by atoms with Crippen LogP contribution in [-0.4, -0.2) is 63.7 Å². The number of hydrogen-bond acceptors (Lipinski definition) is 8. The second kappa shape index (κ2) is 8.90. The van der Waals surface area contributed by atoms with Crippen LogP contribution in [0.5, 0.6) is 11.6 Å². The van der Waals surface area contributed by atoms with E-state index in [0.29, 0.717) is 34.7 Å². The number of phenols is 1. The molecule has 0 amide bonds. The third-order valence-electron chi connectivity index (χ3n) is 6.71. The van der Waals surface area contributed by atoms with E-state index in [2.05, 4.69) is 25.5 Å². The predicted molar refractivity (Wildman–Crippen MR) is 123 cm³/mol. The molecule has 2 saturated heterocycles. The van der Waals surface area contributed by atoms with Gasteiger partial charge in [-0.05, 0) is 43.5 Å². The van der Waals surface area contributed by atoms with E-state index in [-0.39, 0.29) is 17.8 Å². The highest BCUT2D eigenvalue weighted by Crippen LogP contribution is 2.34. The fraction of sp³-hybridized carbons (Fsp3) is 0.417. The third kappa shape index (κ3) is 4.20. The zero-order chi connectivity index (χ0) is 22.9. The number of fused-ring (bicyclic) bond motifs is 2. The van der Waals surface area contributed by atoms with Gasteiger partial charge in [-0.15, -0.1) is 10.2 Å². The topological polar surface area (TPSA) is 96.3 Å². The van der Waals surface area contributed by atoms with E-state index in [1.54, 1.807) is 24.4 Å². The Hall–Kier alpha value is -3.33. The number of aromatic hydroxyl groups is 1. The normalized spacial score (nSPS) is 24.3. The van der Waals surface area contributed by atoms with E-state index in [9.17, 15) is 5.11 Å². The highest BCUT2D eigenvalue weighted by atomic mass is 19.1. The summed E-state index contributed by atoms with van der Waals surface area (Å²) >= 11 is 0. The molecule has 2 N–H and O–H groups in total. The minimum absolute atomic E-state index is 0.0653. The Morgan fingerprint density at radius 1 is 1.09 bits per heavy atom. The largest absolute Gasteiger partial charge is 0.507 e. The summed E-state index contributed by atoms with van der Waals surface area (Å²) in [6.45, 7) is 0. The fourth-order valence-corrected chi connectivity index (χ4v) is 4.86. The van der Waals surface area contributed by atoms with Crippen molar-refractivity contribution in [2.24, 2.45) is 0 Å². The van der Waals surface area contributed by atoms with Gasteiger partial charge in [0.2, 0.25) is 5.88 Å². The summed E-state index contributed by atoms with van der Waals surface area (Å²) < 4.78 is 20.1. The Morgan fingerprint density at radius 2 is 1.97 bits per heavy atom. The number of anilines is 1. The second-order valence-corrected chi connectivity index (χ2v) is 8.71. The van der Waals surface area contributed by atoms with Crippen LogP contribution in [0.1, 0.15) is 25.7 Å². The van der Waals surface area contributed by atoms with E-state index < -0.39 is 6.17 Å². The number of nitrogens with one attached hydrogen (secondary N) is 1. The Morgan fingerprint density at radius 3 is 2.67 bits per heavy atom. The van der Waals surface area contributed by atoms with Gasteiger partial charge in [0.1, 0.15) is 11.9 Å². The first kappa shape index (κ1) is 21.5. The first-order valence-corrected chi connectivity index (χ1v) is 11.2. The average molecular weight is 451 g/mol. The number of benzene rings is 1. The number of methoxy groups -OCH3 is 1. The van der Waals surface area contributed by atoms with Crippen molar-refractivity contribution in [2.45, 2.75) is 50.0 Å². The van der Waals surface area contributed by atoms with Gasteiger partial charge in [-0.25, -0.2) is 14.4 Å². The van der Waals surface area contributed by atoms with E-state index in [0.717, 1.165) is 31.2 Å². The summed E-state index contributed by atoms with van der Waals surface area (Å²) in [7, 11) is 3.41. The first-order chi connectivity index (χ1) is 16.0. The first-order valence-electron chi connectivity index (χ1n) is 11.2. The zero-order valence-electron chi connectivity index (χ0n) is 18.6. The Labute approximate surface area is 191 Å². The molecule has 2 aromatic heterocycles. The predicted octanol–water partition coefficient (Wildman–Crippen LogP) is 3.37. The molecule has 0 spiro atoms. The van der Waals surface area contributed by atoms with E-state index in [1.165, 1.54) is 13.3 Å². The maximum atomic E-state index is 15.1. The average Bonchev–Trinajstić information content (AvgIpc) is 2.86. The summed E-state index contributed by atoms with van der Waals surface area (Å²) in [6, 6.07) is 8.93. The number of hydrogen-bond donors (Lipinski definition) is 2. The summed E-state index contributed by atoms with van der Waals surface area (Å²) in [5.74, 6) is 1.11. The van der Waals surface area contributed by atoms with Crippen molar-refractivity contribution < 1.29 is 14.2 Å². The molecule has 2 aliphatic rings. The Balaban J connectivity index is 1.33. The molecule has 2 aliphatic heterocycles. The number of piperidine rings is 2. The van der Waals surface area contributed by atoms with Crippen LogP contribution < -0.4 is 15.0 Å². The standard InChI is InChI=1S/C24H27FN6O2/c1-31(20-11-15-4-3-5-18(28-15)24(20)25)22-9-8-17(29-30-22)16-7-6-14(10-21(16)32)19-12-27-23(33-2)13-26-19/h6-10,12-13,15,18,20,24,28,32H,3-5,11H2,1-2H3/t15-,18-,20-,24+/m0/s1. The van der Waals surface area contributed by atoms with Crippen LogP contribution in [-0.2, 0) is 0 Å². The number of nitrogens with zero attached hydrogens (tertiary/aromatic N) is 5. The van der Waals surface area contributed by atoms with Gasteiger partial charge in [-0.2, -0.15) is 0 Å². The van der Waals surface area contributed by atoms with Crippen LogP contribution in [0.4, 0.5) is 10.2 Å². The van der Waals surface area contributed by atoms with Gasteiger partial charge in [0, 0.05) is 30.3 Å². The summed E-state index contributed by atoms with van der Waals surface area (Å²) in [5, 5.41) is 22.7. The van der Waals surface area contributed by atoms with Crippen molar-refractivity contribution in [1.82, 2.24) is 25.5 Å². The number of rotatable bonds is 5. The van der Waals surface area contributed by atoms with Crippen LogP contribution in [0, 0.1) is 0 Å². The Kier molecular flexibility index (Phi) is 5.80. The molecule has 0 unspecified atom stereocenters. The molecule has 33 heavy (non-hydrogen) atoms. The highest BCUT2D eigenvalue weighted by Gasteiger charge is 2.41. The molecule has 8 nitrogen and oxygen atoms in total. The summed E-state index contributed by atoms with van der Waals surface area (Å²) in [6.07, 6.45) is 5.99. The maximum Gasteiger partial charge on any atom is 0.232 e. The van der Waals surface area contributed by atoms with Crippen LogP contribution in [0.15, 0.2) is 42.7 Å². The molecule has 0 radical (unpaired) electrons. The second-order valence-electron chi connectivity index (χ2n) is 8.71. The molecule has 1 aromatic carbocycles. The number of ether oxygens (including phenoxy) is 1. The van der Waals surface area contributed by atoms with Gasteiger partial charge < -0.3 is 20.1 Å². The van der Waals surface area contributed by atoms with Crippen LogP contribution >= 0.6 is 0 Å². The zero-order valence-corrected chi connectivity index (χ0v) is 18.6. The van der Waals surface area contributed by atoms with Gasteiger partial charge in [0.15, 0.2) is 5.82 Å². The Bertz CT molecular complexity index is 1110.